The Hall–Kier alpha value is -5.16. The van der Waals surface area contributed by atoms with Gasteiger partial charge >= 0.3 is 5.97 Å². The highest BCUT2D eigenvalue weighted by molar-refractivity contribution is 6.34. The zero-order valence-electron chi connectivity index (χ0n) is 22.8. The van der Waals surface area contributed by atoms with Crippen molar-refractivity contribution in [2.24, 2.45) is 11.8 Å². The van der Waals surface area contributed by atoms with Gasteiger partial charge in [0.25, 0.3) is 23.4 Å². The van der Waals surface area contributed by atoms with Crippen molar-refractivity contribution >= 4 is 46.8 Å². The molecule has 1 aliphatic carbocycles. The molecule has 0 saturated carbocycles. The van der Waals surface area contributed by atoms with Crippen LogP contribution < -0.4 is 4.74 Å². The molecule has 5 rings (SSSR count). The number of benzene rings is 3. The summed E-state index contributed by atoms with van der Waals surface area (Å²) in [6.07, 6.45) is 2.64. The summed E-state index contributed by atoms with van der Waals surface area (Å²) in [4.78, 5) is 76.6. The molecule has 0 bridgehead atoms. The fourth-order valence-corrected chi connectivity index (χ4v) is 5.30. The lowest BCUT2D eigenvalue weighted by molar-refractivity contribution is -0.384. The smallest absolute Gasteiger partial charge is 0.343 e. The average Bonchev–Trinajstić information content (AvgIpc) is 3.24. The van der Waals surface area contributed by atoms with E-state index in [4.69, 9.17) is 16.3 Å². The molecule has 1 aliphatic heterocycles. The number of fused-ring (bicyclic) bond motifs is 1. The lowest BCUT2D eigenvalue weighted by Gasteiger charge is -2.30. The minimum Gasteiger partial charge on any atom is -0.423 e. The van der Waals surface area contributed by atoms with E-state index in [1.165, 1.54) is 60.7 Å². The SMILES string of the molecule is CC1=CC[C@@H]2C(=O)N(N(CC(=O)c3ccc(OC(=O)c4ccc([N+](=O)[O-])cc4)cc3)C(=O)c3ccccc3Cl)C(=O)[C@H]2C1. The van der Waals surface area contributed by atoms with Crippen molar-refractivity contribution in [2.75, 3.05) is 6.54 Å². The second kappa shape index (κ2) is 12.0. The molecule has 1 saturated heterocycles. The molecule has 3 aromatic rings. The largest absolute Gasteiger partial charge is 0.423 e. The van der Waals surface area contributed by atoms with E-state index in [2.05, 4.69) is 0 Å². The van der Waals surface area contributed by atoms with Crippen LogP contribution in [0, 0.1) is 22.0 Å². The summed E-state index contributed by atoms with van der Waals surface area (Å²) < 4.78 is 5.30. The van der Waals surface area contributed by atoms with Gasteiger partial charge < -0.3 is 4.74 Å². The molecule has 3 aromatic carbocycles. The van der Waals surface area contributed by atoms with Gasteiger partial charge in [0.15, 0.2) is 5.78 Å². The number of hydrogen-bond donors (Lipinski definition) is 0. The minimum atomic E-state index is -0.780. The highest BCUT2D eigenvalue weighted by Gasteiger charge is 2.51. The first-order chi connectivity index (χ1) is 20.5. The number of halogens is 1. The molecule has 0 N–H and O–H groups in total. The summed E-state index contributed by atoms with van der Waals surface area (Å²) in [7, 11) is 0. The Kier molecular flexibility index (Phi) is 8.18. The monoisotopic (exact) mass is 601 g/mol. The molecule has 43 heavy (non-hydrogen) atoms. The number of ether oxygens (including phenoxy) is 1. The van der Waals surface area contributed by atoms with Crippen LogP contribution in [-0.4, -0.2) is 51.0 Å². The molecule has 0 unspecified atom stereocenters. The van der Waals surface area contributed by atoms with Gasteiger partial charge in [-0.25, -0.2) is 9.80 Å². The third kappa shape index (κ3) is 5.93. The maximum atomic E-state index is 13.7. The van der Waals surface area contributed by atoms with Gasteiger partial charge in [-0.05, 0) is 68.3 Å². The van der Waals surface area contributed by atoms with Gasteiger partial charge in [-0.15, -0.1) is 0 Å². The van der Waals surface area contributed by atoms with Crippen LogP contribution in [0.15, 0.2) is 84.4 Å². The number of non-ortho nitro benzene ring substituents is 1. The number of allylic oxidation sites excluding steroid dienone is 2. The lowest BCUT2D eigenvalue weighted by atomic mass is 9.82. The third-order valence-electron chi connectivity index (χ3n) is 7.37. The molecular weight excluding hydrogens is 578 g/mol. The van der Waals surface area contributed by atoms with Crippen molar-refractivity contribution in [1.82, 2.24) is 10.0 Å². The maximum Gasteiger partial charge on any atom is 0.343 e. The minimum absolute atomic E-state index is 0.0234. The zero-order chi connectivity index (χ0) is 30.8. The normalized spacial score (nSPS) is 17.6. The van der Waals surface area contributed by atoms with E-state index >= 15 is 0 Å². The maximum absolute atomic E-state index is 13.7. The van der Waals surface area contributed by atoms with Gasteiger partial charge in [0, 0.05) is 17.7 Å². The van der Waals surface area contributed by atoms with Crippen molar-refractivity contribution in [3.63, 3.8) is 0 Å². The number of nitrogens with zero attached hydrogens (tertiary/aromatic N) is 3. The highest BCUT2D eigenvalue weighted by Crippen LogP contribution is 2.39. The fourth-order valence-electron chi connectivity index (χ4n) is 5.09. The quantitative estimate of drug-likeness (QED) is 0.0663. The predicted molar refractivity (Wildman–Crippen MR) is 153 cm³/mol. The van der Waals surface area contributed by atoms with Crippen molar-refractivity contribution in [3.05, 3.63) is 116 Å². The molecule has 218 valence electrons. The Bertz CT molecular complexity index is 1680. The van der Waals surface area contributed by atoms with Gasteiger partial charge in [0.1, 0.15) is 12.3 Å². The summed E-state index contributed by atoms with van der Waals surface area (Å²) in [5.41, 5.74) is 1.03. The van der Waals surface area contributed by atoms with Crippen molar-refractivity contribution in [2.45, 2.75) is 19.8 Å². The highest BCUT2D eigenvalue weighted by atomic mass is 35.5. The predicted octanol–water partition coefficient (Wildman–Crippen LogP) is 5.05. The van der Waals surface area contributed by atoms with E-state index < -0.39 is 52.8 Å². The number of hydrazine groups is 1. The number of hydrogen-bond acceptors (Lipinski definition) is 8. The summed E-state index contributed by atoms with van der Waals surface area (Å²) in [5.74, 6) is -4.39. The van der Waals surface area contributed by atoms with Crippen LogP contribution in [-0.2, 0) is 9.59 Å². The molecule has 0 radical (unpaired) electrons. The first kappa shape index (κ1) is 29.3. The molecule has 0 aromatic heterocycles. The van der Waals surface area contributed by atoms with E-state index in [1.807, 2.05) is 13.0 Å². The lowest BCUT2D eigenvalue weighted by Crippen LogP contribution is -2.52. The molecule has 1 heterocycles. The second-order valence-electron chi connectivity index (χ2n) is 10.2. The number of esters is 1. The summed E-state index contributed by atoms with van der Waals surface area (Å²) >= 11 is 6.26. The van der Waals surface area contributed by atoms with Crippen LogP contribution in [0.25, 0.3) is 0 Å². The molecule has 2 aliphatic rings. The second-order valence-corrected chi connectivity index (χ2v) is 10.6. The van der Waals surface area contributed by atoms with Crippen LogP contribution in [0.3, 0.4) is 0 Å². The third-order valence-corrected chi connectivity index (χ3v) is 7.70. The van der Waals surface area contributed by atoms with E-state index in [1.54, 1.807) is 12.1 Å². The van der Waals surface area contributed by atoms with Crippen molar-refractivity contribution in [1.29, 1.82) is 0 Å². The van der Waals surface area contributed by atoms with Crippen LogP contribution in [0.1, 0.15) is 50.8 Å². The fraction of sp³-hybridized carbons (Fsp3) is 0.194. The summed E-state index contributed by atoms with van der Waals surface area (Å²) in [6, 6.07) is 16.5. The van der Waals surface area contributed by atoms with Crippen LogP contribution in [0.4, 0.5) is 5.69 Å². The number of carbonyl (C=O) groups is 5. The topological polar surface area (TPSA) is 144 Å². The van der Waals surface area contributed by atoms with E-state index in [9.17, 15) is 34.1 Å². The molecule has 0 spiro atoms. The van der Waals surface area contributed by atoms with Crippen molar-refractivity contribution < 1.29 is 33.6 Å². The van der Waals surface area contributed by atoms with E-state index in [0.717, 1.165) is 15.6 Å². The first-order valence-corrected chi connectivity index (χ1v) is 13.6. The number of Topliss-reactive ketones (excluding diaryl/α,β-unsaturated/α-hetero) is 1. The van der Waals surface area contributed by atoms with Crippen LogP contribution >= 0.6 is 11.6 Å². The van der Waals surface area contributed by atoms with Gasteiger partial charge in [0.05, 0.1) is 32.9 Å². The molecule has 2 atom stereocenters. The number of nitro benzene ring substituents is 1. The number of carbonyl (C=O) groups excluding carboxylic acids is 5. The average molecular weight is 602 g/mol. The number of nitro groups is 1. The summed E-state index contributed by atoms with van der Waals surface area (Å²) in [5, 5.41) is 12.6. The van der Waals surface area contributed by atoms with Crippen LogP contribution in [0.2, 0.25) is 5.02 Å². The Labute approximate surface area is 250 Å². The zero-order valence-corrected chi connectivity index (χ0v) is 23.5. The number of amides is 3. The molecule has 12 heteroatoms. The van der Waals surface area contributed by atoms with Gasteiger partial charge in [-0.2, -0.15) is 5.01 Å². The van der Waals surface area contributed by atoms with Crippen molar-refractivity contribution in [3.8, 4) is 5.75 Å². The molecule has 1 fully saturated rings. The van der Waals surface area contributed by atoms with Crippen LogP contribution in [0.5, 0.6) is 5.75 Å². The standard InChI is InChI=1S/C31H24ClN3O8/c1-18-6-15-23-25(16-18)30(39)34(29(23)38)33(28(37)24-4-2-3-5-26(24)32)17-27(36)19-9-13-22(14-10-19)43-31(40)20-7-11-21(12-8-20)35(41)42/h2-14,23,25H,15-17H2,1H3/t23-,25-/m0/s1. The Morgan fingerprint density at radius 1 is 0.953 bits per heavy atom. The molecule has 11 nitrogen and oxygen atoms in total. The number of ketones is 1. The number of imide groups is 1. The van der Waals surface area contributed by atoms with Gasteiger partial charge in [-0.3, -0.25) is 29.3 Å². The Morgan fingerprint density at radius 2 is 1.58 bits per heavy atom. The molecular formula is C31H24ClN3O8. The Morgan fingerprint density at radius 3 is 2.23 bits per heavy atom. The molecule has 3 amide bonds. The van der Waals surface area contributed by atoms with E-state index in [0.29, 0.717) is 12.8 Å². The number of rotatable bonds is 8. The van der Waals surface area contributed by atoms with Gasteiger partial charge in [0.2, 0.25) is 0 Å². The summed E-state index contributed by atoms with van der Waals surface area (Å²) in [6.45, 7) is 1.25. The van der Waals surface area contributed by atoms with Gasteiger partial charge in [-0.1, -0.05) is 35.4 Å². The van der Waals surface area contributed by atoms with E-state index in [-0.39, 0.29) is 33.1 Å². The first-order valence-electron chi connectivity index (χ1n) is 13.2. The Balaban J connectivity index is 1.36.